The summed E-state index contributed by atoms with van der Waals surface area (Å²) in [6, 6.07) is -0.0359. The fourth-order valence-electron chi connectivity index (χ4n) is 5.36. The molecule has 0 aliphatic heterocycles. The topological polar surface area (TPSA) is 75.8 Å². The summed E-state index contributed by atoms with van der Waals surface area (Å²) in [6.45, 7) is 7.54. The zero-order valence-electron chi connectivity index (χ0n) is 18.5. The van der Waals surface area contributed by atoms with E-state index in [2.05, 4.69) is 10.2 Å². The highest BCUT2D eigenvalue weighted by Crippen LogP contribution is 2.40. The van der Waals surface area contributed by atoms with E-state index in [1.165, 1.54) is 4.68 Å². The molecule has 4 rings (SSSR count). The van der Waals surface area contributed by atoms with Gasteiger partial charge in [-0.05, 0) is 72.1 Å². The van der Waals surface area contributed by atoms with Gasteiger partial charge in [-0.1, -0.05) is 0 Å². The van der Waals surface area contributed by atoms with Crippen LogP contribution in [0.25, 0.3) is 0 Å². The monoisotopic (exact) mass is 440 g/mol. The number of halogens is 3. The van der Waals surface area contributed by atoms with Crippen molar-refractivity contribution in [3.05, 3.63) is 38.6 Å². The molecule has 9 heteroatoms. The fraction of sp³-hybridized carbons (Fsp3) is 0.727. The third-order valence-electron chi connectivity index (χ3n) is 6.87. The zero-order chi connectivity index (χ0) is 22.7. The Balaban J connectivity index is 1.58. The minimum atomic E-state index is -4.55. The van der Waals surface area contributed by atoms with Gasteiger partial charge in [0.25, 0.3) is 5.56 Å². The molecule has 3 unspecified atom stereocenters. The van der Waals surface area contributed by atoms with Crippen molar-refractivity contribution in [1.82, 2.24) is 19.6 Å². The van der Waals surface area contributed by atoms with Gasteiger partial charge in [-0.25, -0.2) is 0 Å². The van der Waals surface area contributed by atoms with E-state index in [1.54, 1.807) is 6.92 Å². The van der Waals surface area contributed by atoms with Crippen molar-refractivity contribution < 1.29 is 18.3 Å². The first-order chi connectivity index (χ1) is 14.4. The van der Waals surface area contributed by atoms with Crippen LogP contribution in [0.5, 0.6) is 0 Å². The summed E-state index contributed by atoms with van der Waals surface area (Å²) in [5.74, 6) is 0.215. The number of fused-ring (bicyclic) bond motifs is 2. The number of nitrogens with one attached hydrogen (secondary N) is 1. The molecule has 0 radical (unpaired) electrons. The number of aliphatic hydroxyl groups is 1. The third kappa shape index (κ3) is 4.08. The van der Waals surface area contributed by atoms with Crippen molar-refractivity contribution >= 4 is 0 Å². The average molecular weight is 441 g/mol. The number of hydrogen-bond acceptors (Lipinski definition) is 3. The number of aromatic nitrogens is 4. The second-order valence-corrected chi connectivity index (χ2v) is 9.91. The molecule has 2 aliphatic rings. The number of aromatic amines is 1. The molecular weight excluding hydrogens is 409 g/mol. The summed E-state index contributed by atoms with van der Waals surface area (Å²) in [6.07, 6.45) is -0.804. The van der Waals surface area contributed by atoms with Gasteiger partial charge in [0, 0.05) is 41.0 Å². The first kappa shape index (κ1) is 22.2. The first-order valence-electron chi connectivity index (χ1n) is 11.1. The molecule has 2 aliphatic carbocycles. The van der Waals surface area contributed by atoms with Crippen molar-refractivity contribution in [2.75, 3.05) is 0 Å². The summed E-state index contributed by atoms with van der Waals surface area (Å²) in [5, 5.41) is 17.3. The molecule has 0 saturated heterocycles. The van der Waals surface area contributed by atoms with Crippen LogP contribution in [0.3, 0.4) is 0 Å². The lowest BCUT2D eigenvalue weighted by Crippen LogP contribution is -2.33. The highest BCUT2D eigenvalue weighted by molar-refractivity contribution is 5.33. The molecule has 0 amide bonds. The Kier molecular flexibility index (Phi) is 5.39. The lowest BCUT2D eigenvalue weighted by molar-refractivity contribution is -0.142. The molecule has 2 heterocycles. The molecule has 6 nitrogen and oxygen atoms in total. The predicted octanol–water partition coefficient (Wildman–Crippen LogP) is 3.97. The van der Waals surface area contributed by atoms with E-state index < -0.39 is 17.5 Å². The number of rotatable bonds is 4. The minimum Gasteiger partial charge on any atom is -0.390 e. The Labute approximate surface area is 179 Å². The number of hydrogen-bond donors (Lipinski definition) is 2. The fourth-order valence-corrected chi connectivity index (χ4v) is 5.36. The number of nitrogens with zero attached hydrogens (tertiary/aromatic N) is 3. The molecule has 172 valence electrons. The van der Waals surface area contributed by atoms with Crippen LogP contribution in [0.2, 0.25) is 0 Å². The van der Waals surface area contributed by atoms with Gasteiger partial charge in [-0.15, -0.1) is 0 Å². The van der Waals surface area contributed by atoms with Crippen LogP contribution in [0.4, 0.5) is 13.2 Å². The van der Waals surface area contributed by atoms with E-state index in [4.69, 9.17) is 0 Å². The van der Waals surface area contributed by atoms with Crippen molar-refractivity contribution in [1.29, 1.82) is 0 Å². The summed E-state index contributed by atoms with van der Waals surface area (Å²) >= 11 is 0. The molecule has 3 atom stereocenters. The summed E-state index contributed by atoms with van der Waals surface area (Å²) < 4.78 is 44.4. The van der Waals surface area contributed by atoms with Gasteiger partial charge in [0.1, 0.15) is 0 Å². The van der Waals surface area contributed by atoms with Crippen molar-refractivity contribution in [3.8, 4) is 0 Å². The zero-order valence-corrected chi connectivity index (χ0v) is 18.5. The maximum absolute atomic E-state index is 13.6. The van der Waals surface area contributed by atoms with Crippen LogP contribution in [-0.2, 0) is 31.9 Å². The molecule has 0 spiro atoms. The third-order valence-corrected chi connectivity index (χ3v) is 6.87. The standard InChI is InChI=1S/C22H31F3N4O2/c1-12(2)28-17-6-5-14(10-15(17)20(30)27-28)9-13(3)29-18-7-8-21(4,31)11-16(18)19(26-29)22(23,24)25/h12-14,31H,5-11H2,1-4H3,(H,27,30). The Morgan fingerprint density at radius 1 is 1.23 bits per heavy atom. The quantitative estimate of drug-likeness (QED) is 0.756. The summed E-state index contributed by atoms with van der Waals surface area (Å²) in [5.41, 5.74) is 0.520. The van der Waals surface area contributed by atoms with E-state index in [1.807, 2.05) is 25.5 Å². The van der Waals surface area contributed by atoms with E-state index >= 15 is 0 Å². The highest BCUT2D eigenvalue weighted by atomic mass is 19.4. The molecule has 2 aromatic rings. The van der Waals surface area contributed by atoms with Crippen LogP contribution in [0, 0.1) is 5.92 Å². The lowest BCUT2D eigenvalue weighted by Gasteiger charge is -2.30. The summed E-state index contributed by atoms with van der Waals surface area (Å²) in [7, 11) is 0. The maximum Gasteiger partial charge on any atom is 0.435 e. The average Bonchev–Trinajstić information content (AvgIpc) is 3.18. The smallest absolute Gasteiger partial charge is 0.390 e. The van der Waals surface area contributed by atoms with Gasteiger partial charge >= 0.3 is 6.18 Å². The van der Waals surface area contributed by atoms with Gasteiger partial charge in [0.15, 0.2) is 5.69 Å². The normalized spacial score (nSPS) is 24.9. The second kappa shape index (κ2) is 7.53. The Bertz CT molecular complexity index is 1030. The van der Waals surface area contributed by atoms with Crippen molar-refractivity contribution in [2.24, 2.45) is 5.92 Å². The van der Waals surface area contributed by atoms with E-state index in [-0.39, 0.29) is 35.5 Å². The van der Waals surface area contributed by atoms with Crippen molar-refractivity contribution in [2.45, 2.75) is 96.5 Å². The lowest BCUT2D eigenvalue weighted by atomic mass is 9.82. The molecule has 31 heavy (non-hydrogen) atoms. The first-order valence-corrected chi connectivity index (χ1v) is 11.1. The number of alkyl halides is 3. The van der Waals surface area contributed by atoms with E-state index in [0.29, 0.717) is 31.4 Å². The molecule has 2 N–H and O–H groups in total. The molecule has 0 saturated carbocycles. The molecule has 0 fully saturated rings. The largest absolute Gasteiger partial charge is 0.435 e. The van der Waals surface area contributed by atoms with Gasteiger partial charge in [0.2, 0.25) is 0 Å². The van der Waals surface area contributed by atoms with E-state index in [9.17, 15) is 23.1 Å². The number of H-pyrrole nitrogens is 1. The molecular formula is C22H31F3N4O2. The van der Waals surface area contributed by atoms with Crippen LogP contribution in [0.15, 0.2) is 4.79 Å². The highest BCUT2D eigenvalue weighted by Gasteiger charge is 2.43. The van der Waals surface area contributed by atoms with Crippen LogP contribution >= 0.6 is 0 Å². The van der Waals surface area contributed by atoms with Gasteiger partial charge in [-0.3, -0.25) is 19.3 Å². The SMILES string of the molecule is CC(CC1CCc2c(c(=O)[nH]n2C(C)C)C1)n1nc(C(F)(F)F)c2c1CCC(C)(O)C2. The Hall–Kier alpha value is -2.03. The predicted molar refractivity (Wildman–Crippen MR) is 110 cm³/mol. The Morgan fingerprint density at radius 3 is 2.58 bits per heavy atom. The van der Waals surface area contributed by atoms with Gasteiger partial charge in [0.05, 0.1) is 5.60 Å². The van der Waals surface area contributed by atoms with Gasteiger partial charge < -0.3 is 5.11 Å². The molecule has 2 aromatic heterocycles. The molecule has 0 aromatic carbocycles. The maximum atomic E-state index is 13.6. The minimum absolute atomic E-state index is 0.0330. The Morgan fingerprint density at radius 2 is 1.94 bits per heavy atom. The van der Waals surface area contributed by atoms with Crippen LogP contribution < -0.4 is 5.56 Å². The van der Waals surface area contributed by atoms with Crippen LogP contribution in [-0.4, -0.2) is 30.3 Å². The van der Waals surface area contributed by atoms with Gasteiger partial charge in [-0.2, -0.15) is 18.3 Å². The second-order valence-electron chi connectivity index (χ2n) is 9.91. The summed E-state index contributed by atoms with van der Waals surface area (Å²) in [4.78, 5) is 12.4. The van der Waals surface area contributed by atoms with E-state index in [0.717, 1.165) is 24.1 Å². The molecule has 0 bridgehead atoms. The van der Waals surface area contributed by atoms with Crippen LogP contribution in [0.1, 0.15) is 87.2 Å². The van der Waals surface area contributed by atoms with Crippen molar-refractivity contribution in [3.63, 3.8) is 0 Å².